The molecule has 0 spiro atoms. The molecule has 0 saturated heterocycles. The molecule has 0 radical (unpaired) electrons. The molecule has 34 heavy (non-hydrogen) atoms. The molecular weight excluding hydrogens is 442 g/mol. The summed E-state index contributed by atoms with van der Waals surface area (Å²) in [6.07, 6.45) is 8.11. The number of rotatable bonds is 9. The maximum atomic E-state index is 15.4. The summed E-state index contributed by atoms with van der Waals surface area (Å²) in [4.78, 5) is 20.3. The van der Waals surface area contributed by atoms with Gasteiger partial charge in [-0.15, -0.1) is 0 Å². The van der Waals surface area contributed by atoms with Crippen LogP contribution < -0.4 is 9.47 Å². The minimum atomic E-state index is -2.11. The molecule has 2 heterocycles. The number of pyridine rings is 2. The van der Waals surface area contributed by atoms with Gasteiger partial charge < -0.3 is 14.2 Å². The van der Waals surface area contributed by atoms with Crippen molar-refractivity contribution in [3.8, 4) is 11.8 Å². The second-order valence-electron chi connectivity index (χ2n) is 9.59. The number of methoxy groups -OCH3 is 2. The van der Waals surface area contributed by atoms with E-state index in [-0.39, 0.29) is 17.7 Å². The van der Waals surface area contributed by atoms with E-state index in [1.165, 1.54) is 27.3 Å². The summed E-state index contributed by atoms with van der Waals surface area (Å²) in [6, 6.07) is 5.18. The molecule has 2 aromatic rings. The lowest BCUT2D eigenvalue weighted by Gasteiger charge is -2.29. The molecule has 6 nitrogen and oxygen atoms in total. The minimum absolute atomic E-state index is 0.104. The molecule has 2 unspecified atom stereocenters. The monoisotopic (exact) mass is 474 g/mol. The summed E-state index contributed by atoms with van der Waals surface area (Å²) >= 11 is 0. The smallest absolute Gasteiger partial charge is 0.343 e. The Morgan fingerprint density at radius 1 is 1.12 bits per heavy atom. The van der Waals surface area contributed by atoms with Crippen molar-refractivity contribution in [2.75, 3.05) is 20.8 Å². The van der Waals surface area contributed by atoms with Crippen LogP contribution in [0.4, 0.5) is 8.78 Å². The molecule has 0 aliphatic heterocycles. The van der Waals surface area contributed by atoms with Gasteiger partial charge in [-0.3, -0.25) is 0 Å². The van der Waals surface area contributed by atoms with Gasteiger partial charge >= 0.3 is 5.97 Å². The second-order valence-corrected chi connectivity index (χ2v) is 9.59. The van der Waals surface area contributed by atoms with Crippen LogP contribution in [0.25, 0.3) is 0 Å². The Bertz CT molecular complexity index is 1000. The van der Waals surface area contributed by atoms with Gasteiger partial charge in [-0.1, -0.05) is 0 Å². The van der Waals surface area contributed by atoms with Crippen molar-refractivity contribution >= 4 is 5.97 Å². The maximum Gasteiger partial charge on any atom is 0.343 e. The van der Waals surface area contributed by atoms with Crippen LogP contribution >= 0.6 is 0 Å². The predicted molar refractivity (Wildman–Crippen MR) is 122 cm³/mol. The molecule has 2 fully saturated rings. The van der Waals surface area contributed by atoms with Crippen LogP contribution in [0.15, 0.2) is 30.6 Å². The number of alkyl halides is 1. The summed E-state index contributed by atoms with van der Waals surface area (Å²) in [6.45, 7) is 1.78. The third kappa shape index (κ3) is 5.31. The van der Waals surface area contributed by atoms with Gasteiger partial charge in [0, 0.05) is 24.2 Å². The van der Waals surface area contributed by atoms with Crippen LogP contribution in [0.3, 0.4) is 0 Å². The third-order valence-electron chi connectivity index (χ3n) is 7.20. The highest BCUT2D eigenvalue weighted by molar-refractivity contribution is 5.80. The van der Waals surface area contributed by atoms with E-state index in [0.717, 1.165) is 38.5 Å². The van der Waals surface area contributed by atoms with E-state index in [1.54, 1.807) is 24.4 Å². The van der Waals surface area contributed by atoms with E-state index in [9.17, 15) is 9.18 Å². The SMILES string of the molecule is COC(=O)C(C)(F)C(c1ccnc(OCC2CCC(c3cc(OC)ncc3F)CC2)c1)C1CC1. The van der Waals surface area contributed by atoms with Gasteiger partial charge in [-0.05, 0) is 80.4 Å². The summed E-state index contributed by atoms with van der Waals surface area (Å²) in [5.74, 6) is -0.324. The number of nitrogens with zero attached hydrogens (tertiary/aromatic N) is 2. The summed E-state index contributed by atoms with van der Waals surface area (Å²) in [7, 11) is 2.73. The molecule has 2 aliphatic carbocycles. The average molecular weight is 475 g/mol. The number of hydrogen-bond acceptors (Lipinski definition) is 6. The highest BCUT2D eigenvalue weighted by Gasteiger charge is 2.51. The van der Waals surface area contributed by atoms with Crippen molar-refractivity contribution in [3.63, 3.8) is 0 Å². The Balaban J connectivity index is 1.36. The second kappa shape index (κ2) is 10.2. The van der Waals surface area contributed by atoms with Crippen molar-refractivity contribution in [1.29, 1.82) is 0 Å². The van der Waals surface area contributed by atoms with Crippen LogP contribution in [0, 0.1) is 17.7 Å². The van der Waals surface area contributed by atoms with Crippen LogP contribution in [0.5, 0.6) is 11.8 Å². The number of halogens is 2. The van der Waals surface area contributed by atoms with Gasteiger partial charge in [-0.2, -0.15) is 0 Å². The van der Waals surface area contributed by atoms with Crippen molar-refractivity contribution in [1.82, 2.24) is 9.97 Å². The van der Waals surface area contributed by atoms with Crippen molar-refractivity contribution in [2.45, 2.75) is 63.0 Å². The van der Waals surface area contributed by atoms with Gasteiger partial charge in [0.1, 0.15) is 5.82 Å². The lowest BCUT2D eigenvalue weighted by Crippen LogP contribution is -2.39. The van der Waals surface area contributed by atoms with Crippen molar-refractivity contribution < 1.29 is 27.8 Å². The summed E-state index contributed by atoms with van der Waals surface area (Å²) < 4.78 is 45.5. The molecule has 0 aromatic carbocycles. The first-order chi connectivity index (χ1) is 16.3. The fraction of sp³-hybridized carbons (Fsp3) is 0.577. The van der Waals surface area contributed by atoms with Crippen LogP contribution in [0.1, 0.15) is 68.4 Å². The lowest BCUT2D eigenvalue weighted by molar-refractivity contribution is -0.155. The van der Waals surface area contributed by atoms with Gasteiger partial charge in [-0.25, -0.2) is 23.5 Å². The Morgan fingerprint density at radius 2 is 1.85 bits per heavy atom. The molecule has 8 heteroatoms. The molecule has 2 saturated carbocycles. The number of aromatic nitrogens is 2. The number of hydrogen-bond donors (Lipinski definition) is 0. The number of carbonyl (C=O) groups is 1. The molecule has 2 aromatic heterocycles. The van der Waals surface area contributed by atoms with E-state index >= 15 is 4.39 Å². The topological polar surface area (TPSA) is 70.5 Å². The molecule has 4 rings (SSSR count). The van der Waals surface area contributed by atoms with E-state index in [0.29, 0.717) is 35.4 Å². The molecule has 0 N–H and O–H groups in total. The van der Waals surface area contributed by atoms with Gasteiger partial charge in [0.2, 0.25) is 17.4 Å². The van der Waals surface area contributed by atoms with Crippen molar-refractivity contribution in [2.24, 2.45) is 11.8 Å². The lowest BCUT2D eigenvalue weighted by atomic mass is 9.79. The Kier molecular flexibility index (Phi) is 7.33. The first-order valence-electron chi connectivity index (χ1n) is 11.9. The average Bonchev–Trinajstić information content (AvgIpc) is 3.68. The molecule has 0 amide bonds. The molecule has 2 aliphatic rings. The maximum absolute atomic E-state index is 15.4. The Hall–Kier alpha value is -2.77. The standard InChI is InChI=1S/C26H32F2N2O4/c1-26(28,25(31)33-3)24(18-8-9-18)19-10-11-29-23(12-19)34-15-16-4-6-17(7-5-16)20-13-22(32-2)30-14-21(20)27/h10-14,16-18,24H,4-9,15H2,1-3H3. The molecular formula is C26H32F2N2O4. The number of ether oxygens (including phenoxy) is 3. The van der Waals surface area contributed by atoms with Crippen molar-refractivity contribution in [3.05, 3.63) is 47.5 Å². The minimum Gasteiger partial charge on any atom is -0.481 e. The van der Waals surface area contributed by atoms with Crippen LogP contribution in [-0.4, -0.2) is 42.4 Å². The number of esters is 1. The van der Waals surface area contributed by atoms with Gasteiger partial charge in [0.05, 0.1) is 27.0 Å². The first kappa shape index (κ1) is 24.4. The van der Waals surface area contributed by atoms with Gasteiger partial charge in [0.15, 0.2) is 0 Å². The van der Waals surface area contributed by atoms with E-state index < -0.39 is 17.6 Å². The Morgan fingerprint density at radius 3 is 2.50 bits per heavy atom. The van der Waals surface area contributed by atoms with Gasteiger partial charge in [0.25, 0.3) is 0 Å². The zero-order chi connectivity index (χ0) is 24.3. The highest BCUT2D eigenvalue weighted by atomic mass is 19.1. The predicted octanol–water partition coefficient (Wildman–Crippen LogP) is 5.37. The normalized spacial score (nSPS) is 23.0. The Labute approximate surface area is 199 Å². The summed E-state index contributed by atoms with van der Waals surface area (Å²) in [5, 5.41) is 0. The zero-order valence-corrected chi connectivity index (χ0v) is 19.9. The van der Waals surface area contributed by atoms with E-state index in [1.807, 2.05) is 0 Å². The quantitative estimate of drug-likeness (QED) is 0.455. The molecule has 0 bridgehead atoms. The zero-order valence-electron chi connectivity index (χ0n) is 19.9. The largest absolute Gasteiger partial charge is 0.481 e. The molecule has 2 atom stereocenters. The van der Waals surface area contributed by atoms with E-state index in [2.05, 4.69) is 9.97 Å². The molecule has 184 valence electrons. The van der Waals surface area contributed by atoms with Crippen LogP contribution in [-0.2, 0) is 9.53 Å². The van der Waals surface area contributed by atoms with E-state index in [4.69, 9.17) is 14.2 Å². The fourth-order valence-corrected chi connectivity index (χ4v) is 5.18. The number of carbonyl (C=O) groups excluding carboxylic acids is 1. The fourth-order valence-electron chi connectivity index (χ4n) is 5.18. The first-order valence-corrected chi connectivity index (χ1v) is 11.9. The van der Waals surface area contributed by atoms with Crippen LogP contribution in [0.2, 0.25) is 0 Å². The summed E-state index contributed by atoms with van der Waals surface area (Å²) in [5.41, 5.74) is -0.752. The third-order valence-corrected chi connectivity index (χ3v) is 7.20. The highest BCUT2D eigenvalue weighted by Crippen LogP contribution is 2.50.